The first-order valence-corrected chi connectivity index (χ1v) is 8.31. The van der Waals surface area contributed by atoms with Crippen LogP contribution in [0.4, 0.5) is 11.4 Å². The third kappa shape index (κ3) is 2.57. The number of β-amino-alcohol motifs (C(OH)–C–C–N with tert-alkyl or cyclic N) is 1. The van der Waals surface area contributed by atoms with E-state index in [9.17, 15) is 9.90 Å². The number of amidine groups is 1. The largest absolute Gasteiger partial charge is 0.391 e. The number of likely N-dealkylation sites (tertiary alicyclic amines) is 1. The Hall–Kier alpha value is -2.34. The summed E-state index contributed by atoms with van der Waals surface area (Å²) in [6, 6.07) is 7.94. The number of rotatable bonds is 4. The maximum Gasteiger partial charge on any atom is 0.189 e. The Morgan fingerprint density at radius 3 is 2.33 bits per heavy atom. The fraction of sp³-hybridized carbons (Fsp3) is 0.444. The minimum absolute atomic E-state index is 0.0646. The van der Waals surface area contributed by atoms with Crippen LogP contribution in [0.1, 0.15) is 19.8 Å². The topological polar surface area (TPSA) is 70.9 Å². The van der Waals surface area contributed by atoms with Gasteiger partial charge in [0.1, 0.15) is 17.2 Å². The molecule has 0 bridgehead atoms. The van der Waals surface area contributed by atoms with E-state index in [0.29, 0.717) is 18.5 Å². The van der Waals surface area contributed by atoms with Crippen molar-refractivity contribution in [2.24, 2.45) is 0 Å². The van der Waals surface area contributed by atoms with Gasteiger partial charge in [0.25, 0.3) is 0 Å². The molecule has 0 radical (unpaired) electrons. The van der Waals surface area contributed by atoms with Gasteiger partial charge in [-0.05, 0) is 18.6 Å². The van der Waals surface area contributed by atoms with Gasteiger partial charge in [0, 0.05) is 20.6 Å². The number of hydrogen-bond acceptors (Lipinski definition) is 5. The Kier molecular flexibility index (Phi) is 4.32. The number of benzene rings is 1. The predicted molar refractivity (Wildman–Crippen MR) is 95.5 cm³/mol. The summed E-state index contributed by atoms with van der Waals surface area (Å²) in [6.07, 6.45) is 1.05. The van der Waals surface area contributed by atoms with Crippen molar-refractivity contribution in [3.05, 3.63) is 35.7 Å². The second-order valence-electron chi connectivity index (χ2n) is 6.40. The highest BCUT2D eigenvalue weighted by Gasteiger charge is 2.39. The van der Waals surface area contributed by atoms with Crippen molar-refractivity contribution in [1.29, 1.82) is 5.41 Å². The zero-order chi connectivity index (χ0) is 17.4. The number of carbonyl (C=O) groups excluding carboxylic acids is 1. The molecule has 2 aliphatic heterocycles. The van der Waals surface area contributed by atoms with E-state index in [1.807, 2.05) is 55.1 Å². The van der Waals surface area contributed by atoms with Crippen molar-refractivity contribution >= 4 is 23.0 Å². The third-order valence-corrected chi connectivity index (χ3v) is 4.68. The first-order chi connectivity index (χ1) is 11.5. The number of hydrogen-bond donors (Lipinski definition) is 2. The van der Waals surface area contributed by atoms with Gasteiger partial charge in [-0.2, -0.15) is 0 Å². The molecule has 3 rings (SSSR count). The summed E-state index contributed by atoms with van der Waals surface area (Å²) in [6.45, 7) is 2.50. The molecule has 128 valence electrons. The summed E-state index contributed by atoms with van der Waals surface area (Å²) >= 11 is 0. The van der Waals surface area contributed by atoms with Gasteiger partial charge in [0.15, 0.2) is 5.78 Å². The van der Waals surface area contributed by atoms with E-state index < -0.39 is 6.10 Å². The number of ketones is 1. The summed E-state index contributed by atoms with van der Waals surface area (Å²) < 4.78 is 0. The van der Waals surface area contributed by atoms with Gasteiger partial charge in [-0.15, -0.1) is 0 Å². The van der Waals surface area contributed by atoms with Crippen LogP contribution in [-0.4, -0.2) is 54.9 Å². The molecular weight excluding hydrogens is 304 g/mol. The summed E-state index contributed by atoms with van der Waals surface area (Å²) in [5, 5.41) is 18.5. The van der Waals surface area contributed by atoms with Crippen LogP contribution < -0.4 is 9.80 Å². The Bertz CT molecular complexity index is 682. The molecular formula is C18H24N4O2. The van der Waals surface area contributed by atoms with Gasteiger partial charge in [-0.1, -0.05) is 25.5 Å². The van der Waals surface area contributed by atoms with Gasteiger partial charge in [0.2, 0.25) is 0 Å². The molecule has 1 fully saturated rings. The minimum Gasteiger partial charge on any atom is -0.391 e. The first-order valence-electron chi connectivity index (χ1n) is 8.31. The lowest BCUT2D eigenvalue weighted by molar-refractivity contribution is -0.114. The minimum atomic E-state index is -0.510. The molecule has 1 aromatic rings. The van der Waals surface area contributed by atoms with E-state index in [1.54, 1.807) is 4.90 Å². The van der Waals surface area contributed by atoms with Crippen molar-refractivity contribution in [2.45, 2.75) is 25.9 Å². The fourth-order valence-electron chi connectivity index (χ4n) is 3.51. The highest BCUT2D eigenvalue weighted by molar-refractivity contribution is 6.27. The molecule has 1 unspecified atom stereocenters. The van der Waals surface area contributed by atoms with Crippen LogP contribution in [-0.2, 0) is 4.79 Å². The Labute approximate surface area is 142 Å². The number of Topliss-reactive ketones (excluding diaryl/α,β-unsaturated/α-hetero) is 1. The second-order valence-corrected chi connectivity index (χ2v) is 6.40. The lowest BCUT2D eigenvalue weighted by atomic mass is 10.2. The highest BCUT2D eigenvalue weighted by atomic mass is 16.3. The Morgan fingerprint density at radius 2 is 1.79 bits per heavy atom. The van der Waals surface area contributed by atoms with Crippen LogP contribution >= 0.6 is 0 Å². The van der Waals surface area contributed by atoms with E-state index >= 15 is 0 Å². The maximum atomic E-state index is 12.6. The van der Waals surface area contributed by atoms with E-state index in [1.165, 1.54) is 0 Å². The van der Waals surface area contributed by atoms with Gasteiger partial charge >= 0.3 is 0 Å². The Balaban J connectivity index is 1.93. The first kappa shape index (κ1) is 16.5. The van der Waals surface area contributed by atoms with Gasteiger partial charge in [0.05, 0.1) is 24.0 Å². The second kappa shape index (κ2) is 6.28. The molecule has 0 aromatic heterocycles. The summed E-state index contributed by atoms with van der Waals surface area (Å²) in [7, 11) is 3.83. The average molecular weight is 328 g/mol. The standard InChI is InChI=1S/C18H24N4O2/c1-4-7-12(23)10-22-11-15(24)16(17(22)19)18-20(2)13-8-5-6-9-14(13)21(18)3/h5-6,8-9,12,19,23H,4,7,10-11H2,1-3H3. The quantitative estimate of drug-likeness (QED) is 0.825. The third-order valence-electron chi connectivity index (χ3n) is 4.68. The van der Waals surface area contributed by atoms with Crippen LogP contribution in [0.2, 0.25) is 0 Å². The van der Waals surface area contributed by atoms with Crippen LogP contribution in [0, 0.1) is 5.41 Å². The van der Waals surface area contributed by atoms with Crippen molar-refractivity contribution in [3.8, 4) is 0 Å². The number of aliphatic hydroxyl groups is 1. The molecule has 2 N–H and O–H groups in total. The summed E-state index contributed by atoms with van der Waals surface area (Å²) in [5.41, 5.74) is 2.47. The zero-order valence-electron chi connectivity index (χ0n) is 14.4. The van der Waals surface area contributed by atoms with Crippen molar-refractivity contribution in [2.75, 3.05) is 37.0 Å². The fourth-order valence-corrected chi connectivity index (χ4v) is 3.51. The van der Waals surface area contributed by atoms with E-state index in [-0.39, 0.29) is 18.2 Å². The van der Waals surface area contributed by atoms with E-state index in [0.717, 1.165) is 23.6 Å². The molecule has 6 nitrogen and oxygen atoms in total. The molecule has 0 spiro atoms. The molecule has 1 saturated heterocycles. The van der Waals surface area contributed by atoms with Crippen molar-refractivity contribution < 1.29 is 9.90 Å². The van der Waals surface area contributed by atoms with Crippen LogP contribution in [0.5, 0.6) is 0 Å². The number of aliphatic hydroxyl groups excluding tert-OH is 1. The average Bonchev–Trinajstić information content (AvgIpc) is 2.95. The van der Waals surface area contributed by atoms with E-state index in [2.05, 4.69) is 0 Å². The molecule has 0 aliphatic carbocycles. The lowest BCUT2D eigenvalue weighted by Gasteiger charge is -2.23. The van der Waals surface area contributed by atoms with Crippen LogP contribution in [0.25, 0.3) is 0 Å². The molecule has 1 atom stereocenters. The zero-order valence-corrected chi connectivity index (χ0v) is 14.4. The molecule has 1 aromatic carbocycles. The number of carbonyl (C=O) groups is 1. The lowest BCUT2D eigenvalue weighted by Crippen LogP contribution is -2.34. The number of nitrogens with zero attached hydrogens (tertiary/aromatic N) is 3. The number of fused-ring (bicyclic) bond motifs is 1. The SMILES string of the molecule is CCCC(O)CN1CC(=O)C(=C2N(C)c3ccccc3N2C)C1=N. The van der Waals surface area contributed by atoms with Gasteiger partial charge < -0.3 is 19.8 Å². The van der Waals surface area contributed by atoms with Crippen LogP contribution in [0.15, 0.2) is 35.7 Å². The monoisotopic (exact) mass is 328 g/mol. The maximum absolute atomic E-state index is 12.6. The highest BCUT2D eigenvalue weighted by Crippen LogP contribution is 2.41. The Morgan fingerprint density at radius 1 is 1.21 bits per heavy atom. The molecule has 0 amide bonds. The normalized spacial score (nSPS) is 18.8. The summed E-state index contributed by atoms with van der Waals surface area (Å²) in [4.78, 5) is 18.2. The number of nitrogens with one attached hydrogen (secondary N) is 1. The predicted octanol–water partition coefficient (Wildman–Crippen LogP) is 1.81. The molecule has 24 heavy (non-hydrogen) atoms. The molecule has 2 aliphatic rings. The smallest absolute Gasteiger partial charge is 0.189 e. The molecule has 0 saturated carbocycles. The van der Waals surface area contributed by atoms with E-state index in [4.69, 9.17) is 5.41 Å². The molecule has 6 heteroatoms. The summed E-state index contributed by atoms with van der Waals surface area (Å²) in [5.74, 6) is 0.876. The number of para-hydroxylation sites is 2. The number of anilines is 2. The van der Waals surface area contributed by atoms with Crippen molar-refractivity contribution in [1.82, 2.24) is 4.90 Å². The molecule has 2 heterocycles. The van der Waals surface area contributed by atoms with Crippen molar-refractivity contribution in [3.63, 3.8) is 0 Å². The van der Waals surface area contributed by atoms with Crippen LogP contribution in [0.3, 0.4) is 0 Å². The van der Waals surface area contributed by atoms with Gasteiger partial charge in [-0.3, -0.25) is 10.2 Å². The van der Waals surface area contributed by atoms with Gasteiger partial charge in [-0.25, -0.2) is 0 Å².